The number of nitrogens with two attached hydrogens (primary N) is 1. The fourth-order valence-electron chi connectivity index (χ4n) is 3.34. The van der Waals surface area contributed by atoms with E-state index in [9.17, 15) is 0 Å². The molecule has 1 aliphatic carbocycles. The second-order valence-corrected chi connectivity index (χ2v) is 6.51. The molecule has 0 atom stereocenters. The summed E-state index contributed by atoms with van der Waals surface area (Å²) in [6, 6.07) is 5.25. The molecule has 0 unspecified atom stereocenters. The predicted octanol–water partition coefficient (Wildman–Crippen LogP) is 2.30. The monoisotopic (exact) mass is 304 g/mol. The Labute approximate surface area is 133 Å². The van der Waals surface area contributed by atoms with Gasteiger partial charge >= 0.3 is 0 Å². The van der Waals surface area contributed by atoms with Gasteiger partial charge < -0.3 is 20.7 Å². The normalized spacial score (nSPS) is 26.5. The van der Waals surface area contributed by atoms with Gasteiger partial charge in [-0.1, -0.05) is 0 Å². The second-order valence-electron chi connectivity index (χ2n) is 6.51. The van der Waals surface area contributed by atoms with E-state index in [1.54, 1.807) is 0 Å². The molecule has 0 radical (unpaired) electrons. The van der Waals surface area contributed by atoms with Crippen molar-refractivity contribution < 1.29 is 4.74 Å². The number of rotatable bonds is 3. The molecule has 5 heteroatoms. The van der Waals surface area contributed by atoms with Gasteiger partial charge in [-0.05, 0) is 51.2 Å². The largest absolute Gasteiger partial charge is 0.381 e. The molecular weight excluding hydrogens is 276 g/mol. The zero-order valence-electron chi connectivity index (χ0n) is 13.6. The molecule has 3 rings (SSSR count). The van der Waals surface area contributed by atoms with Crippen molar-refractivity contribution in [2.45, 2.75) is 51.1 Å². The van der Waals surface area contributed by atoms with E-state index in [0.717, 1.165) is 75.6 Å². The van der Waals surface area contributed by atoms with Gasteiger partial charge in [0.1, 0.15) is 5.82 Å². The molecule has 1 saturated carbocycles. The average molecular weight is 304 g/mol. The van der Waals surface area contributed by atoms with Gasteiger partial charge in [0.25, 0.3) is 0 Å². The van der Waals surface area contributed by atoms with Crippen LogP contribution in [0.25, 0.3) is 0 Å². The molecule has 3 N–H and O–H groups in total. The van der Waals surface area contributed by atoms with Crippen LogP contribution in [-0.4, -0.2) is 43.4 Å². The quantitative estimate of drug-likeness (QED) is 0.897. The summed E-state index contributed by atoms with van der Waals surface area (Å²) in [5.74, 6) is 1.07. The van der Waals surface area contributed by atoms with Crippen molar-refractivity contribution in [3.8, 4) is 0 Å². The van der Waals surface area contributed by atoms with E-state index in [2.05, 4.69) is 29.3 Å². The van der Waals surface area contributed by atoms with Crippen LogP contribution in [0.2, 0.25) is 0 Å². The van der Waals surface area contributed by atoms with Crippen molar-refractivity contribution in [2.24, 2.45) is 5.73 Å². The fraction of sp³-hybridized carbons (Fsp3) is 0.706. The molecular formula is C17H28N4O. The van der Waals surface area contributed by atoms with Crippen molar-refractivity contribution >= 4 is 11.5 Å². The first-order chi connectivity index (χ1) is 10.7. The highest BCUT2D eigenvalue weighted by Gasteiger charge is 2.19. The van der Waals surface area contributed by atoms with Gasteiger partial charge in [-0.25, -0.2) is 4.98 Å². The van der Waals surface area contributed by atoms with Crippen LogP contribution in [0.3, 0.4) is 0 Å². The zero-order chi connectivity index (χ0) is 15.4. The Balaban J connectivity index is 1.64. The molecule has 1 saturated heterocycles. The minimum Gasteiger partial charge on any atom is -0.381 e. The van der Waals surface area contributed by atoms with Crippen LogP contribution >= 0.6 is 0 Å². The van der Waals surface area contributed by atoms with Crippen LogP contribution in [0.5, 0.6) is 0 Å². The highest BCUT2D eigenvalue weighted by molar-refractivity contribution is 5.54. The predicted molar refractivity (Wildman–Crippen MR) is 90.5 cm³/mol. The van der Waals surface area contributed by atoms with E-state index in [1.165, 1.54) is 0 Å². The Kier molecular flexibility index (Phi) is 5.16. The SMILES string of the molecule is Cc1nc(N2CCCOCC2)ccc1NC1CCC(N)CC1. The van der Waals surface area contributed by atoms with E-state index >= 15 is 0 Å². The first-order valence-electron chi connectivity index (χ1n) is 8.55. The lowest BCUT2D eigenvalue weighted by atomic mass is 9.91. The summed E-state index contributed by atoms with van der Waals surface area (Å²) in [4.78, 5) is 7.12. The van der Waals surface area contributed by atoms with Gasteiger partial charge in [-0.3, -0.25) is 0 Å². The zero-order valence-corrected chi connectivity index (χ0v) is 13.6. The minimum absolute atomic E-state index is 0.393. The third kappa shape index (κ3) is 3.90. The lowest BCUT2D eigenvalue weighted by molar-refractivity contribution is 0.152. The molecule has 2 fully saturated rings. The van der Waals surface area contributed by atoms with Gasteiger partial charge in [-0.2, -0.15) is 0 Å². The number of ether oxygens (including phenoxy) is 1. The van der Waals surface area contributed by atoms with Crippen molar-refractivity contribution in [2.75, 3.05) is 36.5 Å². The molecule has 0 amide bonds. The van der Waals surface area contributed by atoms with Gasteiger partial charge in [0.15, 0.2) is 0 Å². The van der Waals surface area contributed by atoms with Gasteiger partial charge in [0, 0.05) is 31.8 Å². The van der Waals surface area contributed by atoms with Crippen LogP contribution in [0.1, 0.15) is 37.8 Å². The number of nitrogens with one attached hydrogen (secondary N) is 1. The van der Waals surface area contributed by atoms with E-state index < -0.39 is 0 Å². The second kappa shape index (κ2) is 7.29. The molecule has 0 bridgehead atoms. The summed E-state index contributed by atoms with van der Waals surface area (Å²) in [5, 5.41) is 3.65. The van der Waals surface area contributed by atoms with Crippen LogP contribution in [0.4, 0.5) is 11.5 Å². The molecule has 1 aliphatic heterocycles. The Bertz CT molecular complexity index is 478. The number of anilines is 2. The Morgan fingerprint density at radius 3 is 2.77 bits per heavy atom. The summed E-state index contributed by atoms with van der Waals surface area (Å²) >= 11 is 0. The Morgan fingerprint density at radius 1 is 1.18 bits per heavy atom. The highest BCUT2D eigenvalue weighted by atomic mass is 16.5. The minimum atomic E-state index is 0.393. The summed E-state index contributed by atoms with van der Waals surface area (Å²) in [6.45, 7) is 5.70. The fourth-order valence-corrected chi connectivity index (χ4v) is 3.34. The maximum Gasteiger partial charge on any atom is 0.129 e. The first-order valence-corrected chi connectivity index (χ1v) is 8.55. The maximum atomic E-state index is 5.98. The van der Waals surface area contributed by atoms with Crippen LogP contribution in [-0.2, 0) is 4.74 Å². The topological polar surface area (TPSA) is 63.4 Å². The number of nitrogens with zero attached hydrogens (tertiary/aromatic N) is 2. The highest BCUT2D eigenvalue weighted by Crippen LogP contribution is 2.24. The van der Waals surface area contributed by atoms with Crippen molar-refractivity contribution in [3.05, 3.63) is 17.8 Å². The van der Waals surface area contributed by atoms with Crippen LogP contribution < -0.4 is 16.0 Å². The smallest absolute Gasteiger partial charge is 0.129 e. The molecule has 0 spiro atoms. The van der Waals surface area contributed by atoms with E-state index in [1.807, 2.05) is 0 Å². The summed E-state index contributed by atoms with van der Waals surface area (Å²) in [7, 11) is 0. The van der Waals surface area contributed by atoms with Crippen molar-refractivity contribution in [1.29, 1.82) is 0 Å². The third-order valence-corrected chi connectivity index (χ3v) is 4.75. The number of pyridine rings is 1. The van der Waals surface area contributed by atoms with E-state index in [0.29, 0.717) is 12.1 Å². The van der Waals surface area contributed by atoms with E-state index in [-0.39, 0.29) is 0 Å². The molecule has 5 nitrogen and oxygen atoms in total. The molecule has 22 heavy (non-hydrogen) atoms. The van der Waals surface area contributed by atoms with Gasteiger partial charge in [-0.15, -0.1) is 0 Å². The molecule has 2 aliphatic rings. The molecule has 2 heterocycles. The first kappa shape index (κ1) is 15.6. The van der Waals surface area contributed by atoms with Gasteiger partial charge in [0.2, 0.25) is 0 Å². The molecule has 0 aromatic carbocycles. The summed E-state index contributed by atoms with van der Waals surface area (Å²) in [6.07, 6.45) is 5.63. The number of hydrogen-bond donors (Lipinski definition) is 2. The Morgan fingerprint density at radius 2 is 2.00 bits per heavy atom. The summed E-state index contributed by atoms with van der Waals surface area (Å²) < 4.78 is 5.52. The number of aryl methyl sites for hydroxylation is 1. The Hall–Kier alpha value is -1.33. The maximum absolute atomic E-state index is 5.98. The van der Waals surface area contributed by atoms with Crippen molar-refractivity contribution in [3.63, 3.8) is 0 Å². The molecule has 122 valence electrons. The third-order valence-electron chi connectivity index (χ3n) is 4.75. The van der Waals surface area contributed by atoms with Crippen LogP contribution in [0.15, 0.2) is 12.1 Å². The molecule has 1 aromatic rings. The van der Waals surface area contributed by atoms with E-state index in [4.69, 9.17) is 15.5 Å². The average Bonchev–Trinajstić information content (AvgIpc) is 2.81. The lowest BCUT2D eigenvalue weighted by Gasteiger charge is -2.28. The number of aromatic nitrogens is 1. The standard InChI is InChI=1S/C17H28N4O/c1-13-16(20-15-5-3-14(18)4-6-15)7-8-17(19-13)21-9-2-11-22-12-10-21/h7-8,14-15,20H,2-6,9-12,18H2,1H3. The lowest BCUT2D eigenvalue weighted by Crippen LogP contribution is -2.33. The molecule has 1 aromatic heterocycles. The van der Waals surface area contributed by atoms with Crippen molar-refractivity contribution in [1.82, 2.24) is 4.98 Å². The summed E-state index contributed by atoms with van der Waals surface area (Å²) in [5.41, 5.74) is 8.22. The van der Waals surface area contributed by atoms with Gasteiger partial charge in [0.05, 0.1) is 18.0 Å². The number of hydrogen-bond acceptors (Lipinski definition) is 5. The van der Waals surface area contributed by atoms with Crippen LogP contribution in [0, 0.1) is 6.92 Å².